The molecule has 0 aliphatic carbocycles. The summed E-state index contributed by atoms with van der Waals surface area (Å²) in [5, 5.41) is 0. The van der Waals surface area contributed by atoms with E-state index >= 15 is 0 Å². The fraction of sp³-hybridized carbons (Fsp3) is 0.566. The fourth-order valence-electron chi connectivity index (χ4n) is 5.52. The average molecular weight is 815 g/mol. The van der Waals surface area contributed by atoms with Crippen LogP contribution in [0.15, 0.2) is 122 Å². The van der Waals surface area contributed by atoms with E-state index < -0.39 is 6.10 Å². The molecule has 0 aromatic carbocycles. The summed E-state index contributed by atoms with van der Waals surface area (Å²) in [6, 6.07) is 0. The molecule has 0 amide bonds. The molecule has 0 radical (unpaired) electrons. The molecule has 6 heteroatoms. The molecule has 1 atom stereocenters. The molecule has 0 aromatic rings. The van der Waals surface area contributed by atoms with Gasteiger partial charge in [-0.1, -0.05) is 168 Å². The van der Waals surface area contributed by atoms with Gasteiger partial charge in [0.1, 0.15) is 13.2 Å². The highest BCUT2D eigenvalue weighted by Gasteiger charge is 2.19. The van der Waals surface area contributed by atoms with Gasteiger partial charge >= 0.3 is 17.9 Å². The molecule has 0 fully saturated rings. The molecule has 0 aliphatic heterocycles. The topological polar surface area (TPSA) is 78.9 Å². The van der Waals surface area contributed by atoms with Crippen LogP contribution < -0.4 is 0 Å². The van der Waals surface area contributed by atoms with Crippen molar-refractivity contribution in [1.82, 2.24) is 0 Å². The molecule has 0 saturated heterocycles. The van der Waals surface area contributed by atoms with Gasteiger partial charge in [-0.3, -0.25) is 14.4 Å². The smallest absolute Gasteiger partial charge is 0.306 e. The van der Waals surface area contributed by atoms with Gasteiger partial charge in [-0.05, 0) is 109 Å². The molecule has 0 spiro atoms. The highest BCUT2D eigenvalue weighted by molar-refractivity contribution is 5.71. The van der Waals surface area contributed by atoms with Crippen molar-refractivity contribution in [1.29, 1.82) is 0 Å². The SMILES string of the molecule is CC/C=C\C/C=C\C/C=C\C/C=C\C/C=C\CCCCCC(=O)OCC(COC(=O)CCCCC/C=C\C=C/CCCC)OC(=O)CCC/C=C\C/C=C\C/C=C\CC. The largest absolute Gasteiger partial charge is 0.462 e. The Bertz CT molecular complexity index is 1300. The molecule has 59 heavy (non-hydrogen) atoms. The van der Waals surface area contributed by atoms with Crippen LogP contribution in [0.2, 0.25) is 0 Å². The summed E-state index contributed by atoms with van der Waals surface area (Å²) < 4.78 is 16.6. The molecule has 1 unspecified atom stereocenters. The lowest BCUT2D eigenvalue weighted by molar-refractivity contribution is -0.167. The fourth-order valence-corrected chi connectivity index (χ4v) is 5.52. The van der Waals surface area contributed by atoms with Gasteiger partial charge in [0.2, 0.25) is 0 Å². The first-order valence-electron chi connectivity index (χ1n) is 23.1. The van der Waals surface area contributed by atoms with Crippen LogP contribution in [0.3, 0.4) is 0 Å². The number of hydrogen-bond donors (Lipinski definition) is 0. The highest BCUT2D eigenvalue weighted by Crippen LogP contribution is 2.10. The number of ether oxygens (including phenoxy) is 3. The van der Waals surface area contributed by atoms with Gasteiger partial charge in [-0.15, -0.1) is 0 Å². The maximum absolute atomic E-state index is 12.7. The van der Waals surface area contributed by atoms with Gasteiger partial charge in [0.05, 0.1) is 0 Å². The molecular weight excluding hydrogens is 733 g/mol. The van der Waals surface area contributed by atoms with Crippen molar-refractivity contribution in [3.63, 3.8) is 0 Å². The minimum Gasteiger partial charge on any atom is -0.462 e. The van der Waals surface area contributed by atoms with E-state index in [0.29, 0.717) is 19.3 Å². The van der Waals surface area contributed by atoms with Gasteiger partial charge in [0, 0.05) is 19.3 Å². The average Bonchev–Trinajstić information content (AvgIpc) is 3.23. The van der Waals surface area contributed by atoms with E-state index in [0.717, 1.165) is 116 Å². The number of carbonyl (C=O) groups excluding carboxylic acids is 3. The summed E-state index contributed by atoms with van der Waals surface area (Å²) in [4.78, 5) is 37.7. The number of unbranched alkanes of at least 4 members (excludes halogenated alkanes) is 9. The zero-order chi connectivity index (χ0) is 43.0. The Kier molecular flexibility index (Phi) is 43.2. The first-order valence-corrected chi connectivity index (χ1v) is 23.1. The summed E-state index contributed by atoms with van der Waals surface area (Å²) in [5.74, 6) is -1.06. The molecule has 0 aliphatic rings. The molecule has 330 valence electrons. The number of carbonyl (C=O) groups is 3. The van der Waals surface area contributed by atoms with Crippen LogP contribution >= 0.6 is 0 Å². The van der Waals surface area contributed by atoms with Crippen molar-refractivity contribution in [2.75, 3.05) is 13.2 Å². The van der Waals surface area contributed by atoms with Crippen molar-refractivity contribution in [2.24, 2.45) is 0 Å². The number of hydrogen-bond acceptors (Lipinski definition) is 6. The first kappa shape index (κ1) is 54.8. The van der Waals surface area contributed by atoms with E-state index in [1.165, 1.54) is 12.8 Å². The van der Waals surface area contributed by atoms with Crippen LogP contribution in [0.1, 0.15) is 175 Å². The van der Waals surface area contributed by atoms with E-state index in [2.05, 4.69) is 142 Å². The van der Waals surface area contributed by atoms with Crippen molar-refractivity contribution < 1.29 is 28.6 Å². The maximum Gasteiger partial charge on any atom is 0.306 e. The van der Waals surface area contributed by atoms with Crippen LogP contribution in [-0.2, 0) is 28.6 Å². The molecule has 0 N–H and O–H groups in total. The molecule has 0 aromatic heterocycles. The molecule has 0 heterocycles. The predicted molar refractivity (Wildman–Crippen MR) is 251 cm³/mol. The summed E-state index contributed by atoms with van der Waals surface area (Å²) in [6.45, 7) is 6.21. The normalized spacial score (nSPS) is 13.2. The van der Waals surface area contributed by atoms with Crippen molar-refractivity contribution in [3.8, 4) is 0 Å². The van der Waals surface area contributed by atoms with Gasteiger partial charge in [0.15, 0.2) is 6.10 Å². The lowest BCUT2D eigenvalue weighted by atomic mass is 10.1. The third kappa shape index (κ3) is 44.8. The van der Waals surface area contributed by atoms with E-state index in [9.17, 15) is 14.4 Å². The van der Waals surface area contributed by atoms with Crippen LogP contribution in [0, 0.1) is 0 Å². The van der Waals surface area contributed by atoms with Gasteiger partial charge in [-0.25, -0.2) is 0 Å². The third-order valence-corrected chi connectivity index (χ3v) is 8.96. The van der Waals surface area contributed by atoms with Gasteiger partial charge < -0.3 is 14.2 Å². The lowest BCUT2D eigenvalue weighted by Crippen LogP contribution is -2.30. The number of rotatable bonds is 39. The molecule has 0 bridgehead atoms. The number of esters is 3. The molecule has 0 saturated carbocycles. The summed E-state index contributed by atoms with van der Waals surface area (Å²) in [7, 11) is 0. The Hall–Kier alpha value is -4.19. The second-order valence-electron chi connectivity index (χ2n) is 14.6. The minimum atomic E-state index is -0.830. The molecule has 0 rings (SSSR count). The van der Waals surface area contributed by atoms with Crippen LogP contribution in [-0.4, -0.2) is 37.2 Å². The van der Waals surface area contributed by atoms with Gasteiger partial charge in [-0.2, -0.15) is 0 Å². The molecular formula is C53H82O6. The second-order valence-corrected chi connectivity index (χ2v) is 14.6. The Morgan fingerprint density at radius 1 is 0.373 bits per heavy atom. The monoisotopic (exact) mass is 815 g/mol. The minimum absolute atomic E-state index is 0.127. The van der Waals surface area contributed by atoms with E-state index in [-0.39, 0.29) is 37.5 Å². The van der Waals surface area contributed by atoms with Crippen LogP contribution in [0.5, 0.6) is 0 Å². The van der Waals surface area contributed by atoms with Crippen LogP contribution in [0.4, 0.5) is 0 Å². The number of allylic oxidation sites excluding steroid dienone is 20. The Morgan fingerprint density at radius 3 is 1.15 bits per heavy atom. The summed E-state index contributed by atoms with van der Waals surface area (Å²) >= 11 is 0. The zero-order valence-corrected chi connectivity index (χ0v) is 37.5. The summed E-state index contributed by atoms with van der Waals surface area (Å²) in [6.07, 6.45) is 63.4. The Balaban J connectivity index is 4.52. The molecule has 6 nitrogen and oxygen atoms in total. The van der Waals surface area contributed by atoms with E-state index in [1.54, 1.807) is 0 Å². The van der Waals surface area contributed by atoms with E-state index in [1.807, 2.05) is 0 Å². The van der Waals surface area contributed by atoms with Crippen molar-refractivity contribution >= 4 is 17.9 Å². The Morgan fingerprint density at radius 2 is 0.729 bits per heavy atom. The summed E-state index contributed by atoms with van der Waals surface area (Å²) in [5.41, 5.74) is 0. The maximum atomic E-state index is 12.7. The van der Waals surface area contributed by atoms with E-state index in [4.69, 9.17) is 14.2 Å². The first-order chi connectivity index (χ1) is 29.0. The third-order valence-electron chi connectivity index (χ3n) is 8.96. The highest BCUT2D eigenvalue weighted by atomic mass is 16.6. The van der Waals surface area contributed by atoms with Crippen molar-refractivity contribution in [2.45, 2.75) is 181 Å². The lowest BCUT2D eigenvalue weighted by Gasteiger charge is -2.18. The predicted octanol–water partition coefficient (Wildman–Crippen LogP) is 15.0. The zero-order valence-electron chi connectivity index (χ0n) is 37.5. The van der Waals surface area contributed by atoms with Crippen LogP contribution in [0.25, 0.3) is 0 Å². The van der Waals surface area contributed by atoms with Gasteiger partial charge in [0.25, 0.3) is 0 Å². The second kappa shape index (κ2) is 46.5. The van der Waals surface area contributed by atoms with Crippen molar-refractivity contribution in [3.05, 3.63) is 122 Å². The quantitative estimate of drug-likeness (QED) is 0.0202. The Labute approximate surface area is 361 Å². The standard InChI is InChI=1S/C53H82O6/c1-4-7-10-13-16-19-22-23-24-25-26-27-28-29-32-34-37-40-43-46-52(55)58-49-50(59-53(56)47-44-41-38-35-31-21-18-15-12-9-6-3)48-57-51(54)45-42-39-36-33-30-20-17-14-11-8-5-2/h7,9-10,12,14,16-21,23-24,26-27,29-30,32,35,38,50H,4-6,8,11,13,15,22,25,28,31,33-34,36-37,39-49H2,1-3H3/b10-7-,12-9-,17-14-,19-16-,21-18-,24-23-,27-26-,30-20-,32-29-,38-35-.